The molecule has 37 heavy (non-hydrogen) atoms. The summed E-state index contributed by atoms with van der Waals surface area (Å²) in [5.74, 6) is -1.28. The van der Waals surface area contributed by atoms with Crippen molar-refractivity contribution in [2.45, 2.75) is 32.7 Å². The van der Waals surface area contributed by atoms with E-state index in [1.165, 1.54) is 6.20 Å². The van der Waals surface area contributed by atoms with E-state index in [0.29, 0.717) is 28.8 Å². The van der Waals surface area contributed by atoms with Crippen molar-refractivity contribution in [1.29, 1.82) is 0 Å². The van der Waals surface area contributed by atoms with E-state index in [4.69, 9.17) is 11.6 Å². The zero-order valence-electron chi connectivity index (χ0n) is 19.8. The maximum absolute atomic E-state index is 13.8. The minimum Gasteiger partial charge on any atom is -0.396 e. The van der Waals surface area contributed by atoms with Crippen LogP contribution in [0, 0.1) is 12.8 Å². The summed E-state index contributed by atoms with van der Waals surface area (Å²) < 4.78 is 80.4. The second kappa shape index (κ2) is 11.1. The highest BCUT2D eigenvalue weighted by atomic mass is 35.5. The van der Waals surface area contributed by atoms with Crippen molar-refractivity contribution < 1.29 is 36.2 Å². The Morgan fingerprint density at radius 1 is 1.03 bits per heavy atom. The van der Waals surface area contributed by atoms with E-state index in [0.717, 1.165) is 4.90 Å². The molecule has 0 aliphatic heterocycles. The third-order valence-corrected chi connectivity index (χ3v) is 5.94. The minimum atomic E-state index is -5.03. The molecule has 3 aromatic rings. The Morgan fingerprint density at radius 2 is 1.59 bits per heavy atom. The Kier molecular flexibility index (Phi) is 8.54. The van der Waals surface area contributed by atoms with Crippen molar-refractivity contribution >= 4 is 17.5 Å². The fourth-order valence-corrected chi connectivity index (χ4v) is 4.12. The molecule has 0 saturated carbocycles. The molecule has 1 heterocycles. The van der Waals surface area contributed by atoms with Gasteiger partial charge in [-0.25, -0.2) is 4.98 Å². The first-order valence-electron chi connectivity index (χ1n) is 11.1. The van der Waals surface area contributed by atoms with Gasteiger partial charge in [-0.05, 0) is 47.7 Å². The van der Waals surface area contributed by atoms with Crippen molar-refractivity contribution in [3.63, 3.8) is 0 Å². The van der Waals surface area contributed by atoms with Gasteiger partial charge in [-0.15, -0.1) is 0 Å². The van der Waals surface area contributed by atoms with E-state index in [9.17, 15) is 36.2 Å². The Hall–Kier alpha value is -3.11. The monoisotopic (exact) mass is 544 g/mol. The number of aromatic nitrogens is 1. The normalized spacial score (nSPS) is 12.9. The maximum atomic E-state index is 13.8. The quantitative estimate of drug-likeness (QED) is 0.257. The molecular weight excluding hydrogens is 522 g/mol. The average Bonchev–Trinajstić information content (AvgIpc) is 2.83. The number of halogens is 7. The highest BCUT2D eigenvalue weighted by Crippen LogP contribution is 2.37. The van der Waals surface area contributed by atoms with Gasteiger partial charge >= 0.3 is 12.4 Å². The van der Waals surface area contributed by atoms with Crippen LogP contribution in [0.1, 0.15) is 39.5 Å². The van der Waals surface area contributed by atoms with E-state index in [-0.39, 0.29) is 35.5 Å². The summed E-state index contributed by atoms with van der Waals surface area (Å²) in [6, 6.07) is 9.90. The van der Waals surface area contributed by atoms with E-state index in [1.807, 2.05) is 0 Å². The van der Waals surface area contributed by atoms with Crippen molar-refractivity contribution in [3.05, 3.63) is 87.7 Å². The molecule has 1 atom stereocenters. The highest BCUT2D eigenvalue weighted by molar-refractivity contribution is 6.33. The number of alkyl halides is 6. The molecule has 3 rings (SSSR count). The van der Waals surface area contributed by atoms with Gasteiger partial charge in [0.15, 0.2) is 0 Å². The molecule has 0 bridgehead atoms. The fourth-order valence-electron chi connectivity index (χ4n) is 3.90. The number of amides is 1. The van der Waals surface area contributed by atoms with Crippen molar-refractivity contribution in [2.75, 3.05) is 13.2 Å². The number of hydrogen-bond acceptors (Lipinski definition) is 3. The van der Waals surface area contributed by atoms with E-state index in [2.05, 4.69) is 4.98 Å². The molecule has 0 radical (unpaired) electrons. The summed E-state index contributed by atoms with van der Waals surface area (Å²) in [5, 5.41) is 9.39. The van der Waals surface area contributed by atoms with Crippen molar-refractivity contribution in [3.8, 4) is 11.1 Å². The summed E-state index contributed by atoms with van der Waals surface area (Å²) in [4.78, 5) is 18.9. The predicted molar refractivity (Wildman–Crippen MR) is 127 cm³/mol. The summed E-state index contributed by atoms with van der Waals surface area (Å²) in [6.07, 6.45) is -8.61. The summed E-state index contributed by atoms with van der Waals surface area (Å²) >= 11 is 6.33. The van der Waals surface area contributed by atoms with Crippen LogP contribution < -0.4 is 0 Å². The van der Waals surface area contributed by atoms with Crippen molar-refractivity contribution in [2.24, 2.45) is 5.92 Å². The van der Waals surface area contributed by atoms with Crippen LogP contribution in [0.3, 0.4) is 0 Å². The number of aryl methyl sites for hydroxylation is 1. The van der Waals surface area contributed by atoms with Crippen LogP contribution in [0.4, 0.5) is 26.3 Å². The second-order valence-corrected chi connectivity index (χ2v) is 9.09. The molecule has 1 amide bonds. The van der Waals surface area contributed by atoms with Gasteiger partial charge in [0.2, 0.25) is 0 Å². The van der Waals surface area contributed by atoms with Gasteiger partial charge in [0.05, 0.1) is 16.7 Å². The molecule has 198 valence electrons. The van der Waals surface area contributed by atoms with Gasteiger partial charge in [-0.3, -0.25) is 4.79 Å². The van der Waals surface area contributed by atoms with Crippen LogP contribution in [0.15, 0.2) is 54.7 Å². The first-order valence-corrected chi connectivity index (χ1v) is 11.5. The van der Waals surface area contributed by atoms with Gasteiger partial charge < -0.3 is 10.0 Å². The predicted octanol–water partition coefficient (Wildman–Crippen LogP) is 7.02. The molecule has 0 aliphatic rings. The molecule has 0 fully saturated rings. The number of carbonyl (C=O) groups is 1. The molecule has 1 aromatic heterocycles. The van der Waals surface area contributed by atoms with Crippen LogP contribution in [0.2, 0.25) is 5.15 Å². The number of aliphatic hydroxyl groups excluding tert-OH is 1. The number of nitrogens with zero attached hydrogens (tertiary/aromatic N) is 2. The summed E-state index contributed by atoms with van der Waals surface area (Å²) in [7, 11) is 0. The zero-order chi connectivity index (χ0) is 27.5. The third kappa shape index (κ3) is 6.81. The Balaban J connectivity index is 2.15. The number of benzene rings is 2. The number of rotatable bonds is 7. The maximum Gasteiger partial charge on any atom is 0.416 e. The second-order valence-electron chi connectivity index (χ2n) is 8.74. The zero-order valence-corrected chi connectivity index (χ0v) is 20.5. The largest absolute Gasteiger partial charge is 0.416 e. The summed E-state index contributed by atoms with van der Waals surface area (Å²) in [5.41, 5.74) is -1.74. The molecule has 0 spiro atoms. The Labute approximate surface area is 214 Å². The fraction of sp³-hybridized carbons (Fsp3) is 0.308. The van der Waals surface area contributed by atoms with Gasteiger partial charge in [0.1, 0.15) is 5.15 Å². The van der Waals surface area contributed by atoms with Crippen LogP contribution in [-0.2, 0) is 18.9 Å². The highest BCUT2D eigenvalue weighted by Gasteiger charge is 2.37. The number of hydrogen-bond donors (Lipinski definition) is 1. The molecule has 2 aromatic carbocycles. The molecule has 0 unspecified atom stereocenters. The van der Waals surface area contributed by atoms with E-state index >= 15 is 0 Å². The van der Waals surface area contributed by atoms with Crippen LogP contribution >= 0.6 is 11.6 Å². The first kappa shape index (κ1) is 28.5. The van der Waals surface area contributed by atoms with E-state index < -0.39 is 41.8 Å². The molecule has 0 aliphatic carbocycles. The topological polar surface area (TPSA) is 53.4 Å². The minimum absolute atomic E-state index is 0.0286. The van der Waals surface area contributed by atoms with Gasteiger partial charge in [-0.2, -0.15) is 26.3 Å². The lowest BCUT2D eigenvalue weighted by Crippen LogP contribution is -2.36. The van der Waals surface area contributed by atoms with Crippen LogP contribution in [0.5, 0.6) is 0 Å². The molecule has 0 saturated heterocycles. The molecule has 1 N–H and O–H groups in total. The third-order valence-electron chi connectivity index (χ3n) is 5.65. The lowest BCUT2D eigenvalue weighted by molar-refractivity contribution is -0.143. The molecular formula is C26H23ClF6N2O2. The first-order chi connectivity index (χ1) is 17.2. The van der Waals surface area contributed by atoms with Gasteiger partial charge in [0.25, 0.3) is 5.91 Å². The number of pyridine rings is 1. The smallest absolute Gasteiger partial charge is 0.396 e. The van der Waals surface area contributed by atoms with Crippen LogP contribution in [-0.4, -0.2) is 34.0 Å². The molecule has 11 heteroatoms. The Bertz CT molecular complexity index is 1230. The number of aliphatic hydroxyl groups is 1. The molecule has 4 nitrogen and oxygen atoms in total. The van der Waals surface area contributed by atoms with E-state index in [1.54, 1.807) is 44.2 Å². The van der Waals surface area contributed by atoms with Gasteiger partial charge in [0, 0.05) is 31.5 Å². The van der Waals surface area contributed by atoms with Crippen LogP contribution in [0.25, 0.3) is 11.1 Å². The SMILES string of the molecule is Cc1cnc(Cl)c(C(=O)N(Cc2cc(C(F)(F)F)cc(C(F)(F)F)c2)C[C@H](C)CO)c1-c1ccccc1. The summed E-state index contributed by atoms with van der Waals surface area (Å²) in [6.45, 7) is 2.17. The van der Waals surface area contributed by atoms with Crippen molar-refractivity contribution in [1.82, 2.24) is 9.88 Å². The lowest BCUT2D eigenvalue weighted by atomic mass is 9.96. The Morgan fingerprint density at radius 3 is 2.11 bits per heavy atom. The van der Waals surface area contributed by atoms with Gasteiger partial charge in [-0.1, -0.05) is 48.9 Å². The number of carbonyl (C=O) groups excluding carboxylic acids is 1. The standard InChI is InChI=1S/C26H23ClF6N2O2/c1-15(14-36)12-35(13-17-8-19(25(28,29)30)10-20(9-17)26(31,32)33)24(37)22-21(16(2)11-34-23(22)27)18-6-4-3-5-7-18/h3-11,15,36H,12-14H2,1-2H3/t15-/m0/s1. The average molecular weight is 545 g/mol. The lowest BCUT2D eigenvalue weighted by Gasteiger charge is -2.28.